The highest BCUT2D eigenvalue weighted by molar-refractivity contribution is 7.80. The molecule has 0 aliphatic carbocycles. The number of thiocarbonyl (C=S) groups is 1. The number of rotatable bonds is 2. The van der Waals surface area contributed by atoms with E-state index in [4.69, 9.17) is 17.3 Å². The van der Waals surface area contributed by atoms with Gasteiger partial charge in [-0.3, -0.25) is 4.79 Å². The highest BCUT2D eigenvalue weighted by Gasteiger charge is 2.11. The molecule has 0 bridgehead atoms. The number of halogens is 2. The summed E-state index contributed by atoms with van der Waals surface area (Å²) < 4.78 is 13.3. The molecule has 6 heteroatoms. The zero-order valence-corrected chi connectivity index (χ0v) is 8.45. The van der Waals surface area contributed by atoms with Crippen LogP contribution in [0, 0.1) is 5.82 Å². The maximum absolute atomic E-state index is 13.3. The predicted molar refractivity (Wildman–Crippen MR) is 57.2 cm³/mol. The number of carbonyl (C=O) groups is 1. The number of aldehydes is 1. The molecule has 3 N–H and O–H groups in total. The van der Waals surface area contributed by atoms with Gasteiger partial charge in [0, 0.05) is 5.56 Å². The molecule has 74 valence electrons. The highest BCUT2D eigenvalue weighted by Crippen LogP contribution is 2.25. The molecule has 0 amide bonds. The molecule has 1 aromatic rings. The molecular weight excluding hydrogens is 227 g/mol. The quantitative estimate of drug-likeness (QED) is 0.605. The molecule has 0 atom stereocenters. The number of hydrogen-bond donors (Lipinski definition) is 2. The molecule has 0 unspecified atom stereocenters. The summed E-state index contributed by atoms with van der Waals surface area (Å²) in [5.41, 5.74) is 5.29. The summed E-state index contributed by atoms with van der Waals surface area (Å²) in [6, 6.07) is 2.71. The third kappa shape index (κ3) is 2.18. The van der Waals surface area contributed by atoms with Gasteiger partial charge in [-0.15, -0.1) is 0 Å². The second-order valence-corrected chi connectivity index (χ2v) is 3.26. The summed E-state index contributed by atoms with van der Waals surface area (Å²) in [5, 5.41) is 2.08. The molecule has 0 spiro atoms. The lowest BCUT2D eigenvalue weighted by Gasteiger charge is -2.07. The van der Waals surface area contributed by atoms with Crippen molar-refractivity contribution in [3.63, 3.8) is 0 Å². The molecule has 1 rings (SSSR count). The van der Waals surface area contributed by atoms with Crippen LogP contribution in [-0.4, -0.2) is 11.4 Å². The molecule has 14 heavy (non-hydrogen) atoms. The van der Waals surface area contributed by atoms with Gasteiger partial charge in [0.1, 0.15) is 0 Å². The Bertz CT molecular complexity index is 397. The highest BCUT2D eigenvalue weighted by atomic mass is 35.5. The van der Waals surface area contributed by atoms with Crippen molar-refractivity contribution in [3.05, 3.63) is 28.5 Å². The third-order valence-corrected chi connectivity index (χ3v) is 1.98. The molecule has 0 aromatic heterocycles. The van der Waals surface area contributed by atoms with E-state index in [-0.39, 0.29) is 21.4 Å². The Morgan fingerprint density at radius 3 is 2.79 bits per heavy atom. The normalized spacial score (nSPS) is 9.57. The fraction of sp³-hybridized carbons (Fsp3) is 0. The third-order valence-electron chi connectivity index (χ3n) is 1.50. The molecule has 0 aliphatic heterocycles. The molecule has 0 radical (unpaired) electrons. The van der Waals surface area contributed by atoms with E-state index in [2.05, 4.69) is 17.5 Å². The van der Waals surface area contributed by atoms with Crippen molar-refractivity contribution in [1.29, 1.82) is 0 Å². The number of anilines is 1. The van der Waals surface area contributed by atoms with Gasteiger partial charge in [0.05, 0.1) is 10.7 Å². The Balaban J connectivity index is 3.16. The molecule has 0 heterocycles. The Hall–Kier alpha value is -1.20. The standard InChI is InChI=1S/C8H6ClFN2OS/c9-6-4(3-13)1-2-5(7(6)10)12-8(11)14/h1-3H,(H3,11,12,14). The lowest BCUT2D eigenvalue weighted by atomic mass is 10.2. The first-order valence-corrected chi connectivity index (χ1v) is 4.34. The van der Waals surface area contributed by atoms with Crippen LogP contribution in [0.15, 0.2) is 12.1 Å². The van der Waals surface area contributed by atoms with E-state index in [9.17, 15) is 9.18 Å². The first-order chi connectivity index (χ1) is 6.56. The topological polar surface area (TPSA) is 55.1 Å². The fourth-order valence-corrected chi connectivity index (χ4v) is 1.20. The van der Waals surface area contributed by atoms with Crippen LogP contribution in [0.4, 0.5) is 10.1 Å². The van der Waals surface area contributed by atoms with Crippen LogP contribution in [0.2, 0.25) is 5.02 Å². The largest absolute Gasteiger partial charge is 0.376 e. The van der Waals surface area contributed by atoms with Crippen LogP contribution in [0.1, 0.15) is 10.4 Å². The van der Waals surface area contributed by atoms with Crippen LogP contribution < -0.4 is 11.1 Å². The summed E-state index contributed by atoms with van der Waals surface area (Å²) in [7, 11) is 0. The fourth-order valence-electron chi connectivity index (χ4n) is 0.885. The van der Waals surface area contributed by atoms with Crippen molar-refractivity contribution < 1.29 is 9.18 Å². The van der Waals surface area contributed by atoms with Crippen molar-refractivity contribution in [2.75, 3.05) is 5.32 Å². The van der Waals surface area contributed by atoms with E-state index in [0.717, 1.165) is 0 Å². The average molecular weight is 233 g/mol. The average Bonchev–Trinajstić information content (AvgIpc) is 2.13. The number of benzene rings is 1. The van der Waals surface area contributed by atoms with E-state index in [0.29, 0.717) is 6.29 Å². The second kappa shape index (κ2) is 4.34. The number of hydrogen-bond acceptors (Lipinski definition) is 2. The van der Waals surface area contributed by atoms with Gasteiger partial charge in [0.25, 0.3) is 0 Å². The Kier molecular flexibility index (Phi) is 3.38. The molecule has 0 aliphatic rings. The van der Waals surface area contributed by atoms with Gasteiger partial charge in [-0.25, -0.2) is 4.39 Å². The van der Waals surface area contributed by atoms with Gasteiger partial charge in [-0.2, -0.15) is 0 Å². The zero-order valence-electron chi connectivity index (χ0n) is 6.88. The minimum atomic E-state index is -0.746. The molecule has 0 saturated carbocycles. The summed E-state index contributed by atoms with van der Waals surface area (Å²) in [6.07, 6.45) is 0.468. The molecular formula is C8H6ClFN2OS. The second-order valence-electron chi connectivity index (χ2n) is 2.44. The van der Waals surface area contributed by atoms with Gasteiger partial charge in [0.15, 0.2) is 17.2 Å². The monoisotopic (exact) mass is 232 g/mol. The Labute approximate surface area is 90.0 Å². The van der Waals surface area contributed by atoms with Crippen LogP contribution >= 0.6 is 23.8 Å². The lowest BCUT2D eigenvalue weighted by Crippen LogP contribution is -2.19. The van der Waals surface area contributed by atoms with Crippen molar-refractivity contribution >= 4 is 40.9 Å². The van der Waals surface area contributed by atoms with Crippen LogP contribution in [0.5, 0.6) is 0 Å². The zero-order chi connectivity index (χ0) is 10.7. The number of nitrogens with one attached hydrogen (secondary N) is 1. The van der Waals surface area contributed by atoms with E-state index in [1.54, 1.807) is 0 Å². The minimum Gasteiger partial charge on any atom is -0.376 e. The van der Waals surface area contributed by atoms with Crippen LogP contribution in [0.25, 0.3) is 0 Å². The SMILES string of the molecule is NC(=S)Nc1ccc(C=O)c(Cl)c1F. The van der Waals surface area contributed by atoms with E-state index >= 15 is 0 Å². The summed E-state index contributed by atoms with van der Waals surface area (Å²) in [4.78, 5) is 10.4. The van der Waals surface area contributed by atoms with Crippen molar-refractivity contribution in [2.45, 2.75) is 0 Å². The van der Waals surface area contributed by atoms with Gasteiger partial charge in [-0.1, -0.05) is 11.6 Å². The summed E-state index contributed by atoms with van der Waals surface area (Å²) >= 11 is 10.1. The molecule has 0 fully saturated rings. The van der Waals surface area contributed by atoms with Crippen LogP contribution in [-0.2, 0) is 0 Å². The lowest BCUT2D eigenvalue weighted by molar-refractivity contribution is 0.112. The van der Waals surface area contributed by atoms with Gasteiger partial charge in [-0.05, 0) is 24.4 Å². The number of carbonyl (C=O) groups excluding carboxylic acids is 1. The maximum atomic E-state index is 13.3. The van der Waals surface area contributed by atoms with Gasteiger partial charge < -0.3 is 11.1 Å². The van der Waals surface area contributed by atoms with Crippen molar-refractivity contribution in [1.82, 2.24) is 0 Å². The smallest absolute Gasteiger partial charge is 0.168 e. The Morgan fingerprint density at radius 2 is 2.29 bits per heavy atom. The van der Waals surface area contributed by atoms with Gasteiger partial charge >= 0.3 is 0 Å². The van der Waals surface area contributed by atoms with E-state index in [1.165, 1.54) is 12.1 Å². The van der Waals surface area contributed by atoms with E-state index in [1.807, 2.05) is 0 Å². The predicted octanol–water partition coefficient (Wildman–Crippen LogP) is 1.95. The molecule has 1 aromatic carbocycles. The Morgan fingerprint density at radius 1 is 1.64 bits per heavy atom. The summed E-state index contributed by atoms with van der Waals surface area (Å²) in [6.45, 7) is 0. The van der Waals surface area contributed by atoms with Crippen molar-refractivity contribution in [3.8, 4) is 0 Å². The molecule has 3 nitrogen and oxygen atoms in total. The van der Waals surface area contributed by atoms with Crippen LogP contribution in [0.3, 0.4) is 0 Å². The minimum absolute atomic E-state index is 0.0492. The molecule has 0 saturated heterocycles. The van der Waals surface area contributed by atoms with Crippen molar-refractivity contribution in [2.24, 2.45) is 5.73 Å². The first-order valence-electron chi connectivity index (χ1n) is 3.56. The van der Waals surface area contributed by atoms with E-state index < -0.39 is 5.82 Å². The maximum Gasteiger partial charge on any atom is 0.168 e. The van der Waals surface area contributed by atoms with Gasteiger partial charge in [0.2, 0.25) is 0 Å². The number of nitrogens with two attached hydrogens (primary N) is 1. The summed E-state index contributed by atoms with van der Waals surface area (Å²) in [5.74, 6) is -0.746. The first kappa shape index (κ1) is 10.9.